The quantitative estimate of drug-likeness (QED) is 0.690. The van der Waals surface area contributed by atoms with Gasteiger partial charge in [0.1, 0.15) is 0 Å². The third-order valence-electron chi connectivity index (χ3n) is 3.11. The molecule has 16 heavy (non-hydrogen) atoms. The first-order valence-corrected chi connectivity index (χ1v) is 6.14. The third-order valence-corrected chi connectivity index (χ3v) is 3.11. The second-order valence-corrected chi connectivity index (χ2v) is 4.43. The first-order valence-electron chi connectivity index (χ1n) is 6.14. The van der Waals surface area contributed by atoms with Gasteiger partial charge in [0, 0.05) is 19.2 Å². The lowest BCUT2D eigenvalue weighted by Crippen LogP contribution is -2.31. The molecule has 2 N–H and O–H groups in total. The Labute approximate surface area is 96.4 Å². The molecule has 0 saturated carbocycles. The summed E-state index contributed by atoms with van der Waals surface area (Å²) in [7, 11) is 0. The van der Waals surface area contributed by atoms with E-state index >= 15 is 0 Å². The van der Waals surface area contributed by atoms with E-state index in [4.69, 9.17) is 4.74 Å². The topological polar surface area (TPSA) is 50.4 Å². The van der Waals surface area contributed by atoms with Gasteiger partial charge in [0.2, 0.25) is 5.91 Å². The number of hydrogen-bond acceptors (Lipinski definition) is 3. The minimum absolute atomic E-state index is 0.0346. The molecule has 0 bridgehead atoms. The van der Waals surface area contributed by atoms with E-state index < -0.39 is 0 Å². The summed E-state index contributed by atoms with van der Waals surface area (Å²) in [4.78, 5) is 11.6. The Balaban J connectivity index is 1.70. The second-order valence-electron chi connectivity index (χ2n) is 4.43. The van der Waals surface area contributed by atoms with E-state index in [1.54, 1.807) is 6.08 Å². The zero-order valence-corrected chi connectivity index (χ0v) is 9.63. The van der Waals surface area contributed by atoms with E-state index in [0.29, 0.717) is 6.54 Å². The molecule has 2 aliphatic heterocycles. The van der Waals surface area contributed by atoms with Gasteiger partial charge in [-0.15, -0.1) is 0 Å². The van der Waals surface area contributed by atoms with Crippen molar-refractivity contribution in [1.29, 1.82) is 0 Å². The Morgan fingerprint density at radius 3 is 3.00 bits per heavy atom. The molecular formula is C12H20N2O2. The fourth-order valence-corrected chi connectivity index (χ4v) is 2.15. The summed E-state index contributed by atoms with van der Waals surface area (Å²) in [5.41, 5.74) is 1.25. The fraction of sp³-hybridized carbons (Fsp3) is 0.750. The zero-order chi connectivity index (χ0) is 11.2. The van der Waals surface area contributed by atoms with Crippen LogP contribution in [0.2, 0.25) is 0 Å². The largest absolute Gasteiger partial charge is 0.376 e. The van der Waals surface area contributed by atoms with Gasteiger partial charge in [-0.25, -0.2) is 0 Å². The molecule has 2 aliphatic rings. The number of rotatable bonds is 3. The summed E-state index contributed by atoms with van der Waals surface area (Å²) < 4.78 is 5.45. The first kappa shape index (κ1) is 11.6. The minimum atomic E-state index is 0.0346. The van der Waals surface area contributed by atoms with Crippen molar-refractivity contribution in [1.82, 2.24) is 10.6 Å². The van der Waals surface area contributed by atoms with E-state index in [9.17, 15) is 4.79 Å². The predicted molar refractivity (Wildman–Crippen MR) is 62.2 cm³/mol. The molecule has 1 amide bonds. The molecule has 0 radical (unpaired) electrons. The summed E-state index contributed by atoms with van der Waals surface area (Å²) >= 11 is 0. The maximum absolute atomic E-state index is 11.6. The van der Waals surface area contributed by atoms with Gasteiger partial charge in [0.05, 0.1) is 6.10 Å². The SMILES string of the molecule is O=C(C=C1CCNCC1)NCC1CCCO1. The standard InChI is InChI=1S/C12H20N2O2/c15-12(8-10-3-5-13-6-4-10)14-9-11-2-1-7-16-11/h8,11,13H,1-7,9H2,(H,14,15). The summed E-state index contributed by atoms with van der Waals surface area (Å²) in [6.45, 7) is 3.48. The van der Waals surface area contributed by atoms with Crippen LogP contribution in [0.5, 0.6) is 0 Å². The normalized spacial score (nSPS) is 25.5. The number of carbonyl (C=O) groups excluding carboxylic acids is 1. The Hall–Kier alpha value is -0.870. The molecule has 1 unspecified atom stereocenters. The van der Waals surface area contributed by atoms with E-state index in [2.05, 4.69) is 10.6 Å². The minimum Gasteiger partial charge on any atom is -0.376 e. The summed E-state index contributed by atoms with van der Waals surface area (Å²) in [6.07, 6.45) is 6.17. The van der Waals surface area contributed by atoms with Crippen LogP contribution < -0.4 is 10.6 Å². The molecular weight excluding hydrogens is 204 g/mol. The predicted octanol–water partition coefficient (Wildman–Crippen LogP) is 0.591. The highest BCUT2D eigenvalue weighted by molar-refractivity contribution is 5.88. The van der Waals surface area contributed by atoms with Gasteiger partial charge in [-0.3, -0.25) is 4.79 Å². The van der Waals surface area contributed by atoms with Gasteiger partial charge < -0.3 is 15.4 Å². The van der Waals surface area contributed by atoms with Crippen LogP contribution in [-0.4, -0.2) is 38.3 Å². The monoisotopic (exact) mass is 224 g/mol. The molecule has 0 aromatic rings. The second kappa shape index (κ2) is 6.01. The summed E-state index contributed by atoms with van der Waals surface area (Å²) in [6, 6.07) is 0. The van der Waals surface area contributed by atoms with Crippen molar-refractivity contribution >= 4 is 5.91 Å². The lowest BCUT2D eigenvalue weighted by molar-refractivity contribution is -0.117. The van der Waals surface area contributed by atoms with Gasteiger partial charge in [-0.1, -0.05) is 5.57 Å². The van der Waals surface area contributed by atoms with E-state index in [1.165, 1.54) is 5.57 Å². The Morgan fingerprint density at radius 2 is 2.31 bits per heavy atom. The van der Waals surface area contributed by atoms with Crippen molar-refractivity contribution in [3.63, 3.8) is 0 Å². The number of piperidine rings is 1. The molecule has 4 nitrogen and oxygen atoms in total. The molecule has 0 aromatic carbocycles. The van der Waals surface area contributed by atoms with Crippen LogP contribution in [0, 0.1) is 0 Å². The number of hydrogen-bond donors (Lipinski definition) is 2. The molecule has 0 aromatic heterocycles. The number of nitrogens with one attached hydrogen (secondary N) is 2. The third kappa shape index (κ3) is 3.61. The van der Waals surface area contributed by atoms with Crippen molar-refractivity contribution in [2.45, 2.75) is 31.8 Å². The van der Waals surface area contributed by atoms with Gasteiger partial charge in [0.25, 0.3) is 0 Å². The zero-order valence-electron chi connectivity index (χ0n) is 9.63. The van der Waals surface area contributed by atoms with Gasteiger partial charge in [-0.2, -0.15) is 0 Å². The van der Waals surface area contributed by atoms with Crippen molar-refractivity contribution < 1.29 is 9.53 Å². The van der Waals surface area contributed by atoms with Gasteiger partial charge in [0.15, 0.2) is 0 Å². The Bertz CT molecular complexity index is 262. The lowest BCUT2D eigenvalue weighted by Gasteiger charge is -2.15. The molecule has 2 heterocycles. The van der Waals surface area contributed by atoms with Crippen LogP contribution in [0.3, 0.4) is 0 Å². The maximum Gasteiger partial charge on any atom is 0.244 e. The summed E-state index contributed by atoms with van der Waals surface area (Å²) in [5.74, 6) is 0.0346. The molecule has 2 fully saturated rings. The van der Waals surface area contributed by atoms with Crippen molar-refractivity contribution in [2.75, 3.05) is 26.2 Å². The van der Waals surface area contributed by atoms with Gasteiger partial charge >= 0.3 is 0 Å². The Morgan fingerprint density at radius 1 is 1.50 bits per heavy atom. The number of carbonyl (C=O) groups is 1. The van der Waals surface area contributed by atoms with Crippen molar-refractivity contribution in [3.05, 3.63) is 11.6 Å². The van der Waals surface area contributed by atoms with Crippen LogP contribution in [0.15, 0.2) is 11.6 Å². The molecule has 2 rings (SSSR count). The van der Waals surface area contributed by atoms with Crippen molar-refractivity contribution in [2.24, 2.45) is 0 Å². The molecule has 2 saturated heterocycles. The average molecular weight is 224 g/mol. The van der Waals surface area contributed by atoms with Gasteiger partial charge in [-0.05, 0) is 38.8 Å². The smallest absolute Gasteiger partial charge is 0.244 e. The average Bonchev–Trinajstić information content (AvgIpc) is 2.81. The van der Waals surface area contributed by atoms with Crippen LogP contribution in [0.1, 0.15) is 25.7 Å². The number of amides is 1. The lowest BCUT2D eigenvalue weighted by atomic mass is 10.1. The molecule has 1 atom stereocenters. The highest BCUT2D eigenvalue weighted by Gasteiger charge is 2.15. The van der Waals surface area contributed by atoms with E-state index in [0.717, 1.165) is 45.4 Å². The maximum atomic E-state index is 11.6. The van der Waals surface area contributed by atoms with Crippen LogP contribution in [-0.2, 0) is 9.53 Å². The van der Waals surface area contributed by atoms with Crippen LogP contribution in [0.4, 0.5) is 0 Å². The van der Waals surface area contributed by atoms with Crippen molar-refractivity contribution in [3.8, 4) is 0 Å². The summed E-state index contributed by atoms with van der Waals surface area (Å²) in [5, 5.41) is 6.18. The van der Waals surface area contributed by atoms with Crippen LogP contribution >= 0.6 is 0 Å². The molecule has 90 valence electrons. The highest BCUT2D eigenvalue weighted by Crippen LogP contribution is 2.11. The highest BCUT2D eigenvalue weighted by atomic mass is 16.5. The Kier molecular flexibility index (Phi) is 4.36. The molecule has 4 heteroatoms. The number of ether oxygens (including phenoxy) is 1. The fourth-order valence-electron chi connectivity index (χ4n) is 2.15. The van der Waals surface area contributed by atoms with E-state index in [-0.39, 0.29) is 12.0 Å². The molecule has 0 aliphatic carbocycles. The van der Waals surface area contributed by atoms with E-state index in [1.807, 2.05) is 0 Å². The first-order chi connectivity index (χ1) is 7.84. The molecule has 0 spiro atoms. The van der Waals surface area contributed by atoms with Crippen LogP contribution in [0.25, 0.3) is 0 Å².